The molecule has 0 radical (unpaired) electrons. The Kier molecular flexibility index (Phi) is 6.67. The van der Waals surface area contributed by atoms with Crippen LogP contribution in [0.1, 0.15) is 48.7 Å². The molecule has 0 unspecified atom stereocenters. The SMILES string of the molecule is C=C/C=C\C1=C(C)c2ncc(-c3ccc4c(c3)C(C)(C)C(C=C)=C(N=C)N4c3ccccn3)cc2C12c1ccccc1-c1ccccc12. The Morgan fingerprint density at radius 2 is 1.44 bits per heavy atom. The minimum atomic E-state index is -0.484. The topological polar surface area (TPSA) is 41.4 Å². The summed E-state index contributed by atoms with van der Waals surface area (Å²) in [7, 11) is 0. The number of allylic oxidation sites excluding steroid dienone is 7. The summed E-state index contributed by atoms with van der Waals surface area (Å²) >= 11 is 0. The highest BCUT2D eigenvalue weighted by Crippen LogP contribution is 2.62. The average Bonchev–Trinajstić information content (AvgIpc) is 3.55. The molecule has 0 bridgehead atoms. The fraction of sp³-hybridized carbons (Fsp3) is 0.114. The van der Waals surface area contributed by atoms with Crippen LogP contribution in [0.15, 0.2) is 163 Å². The molecule has 0 atom stereocenters. The lowest BCUT2D eigenvalue weighted by Gasteiger charge is -2.41. The fourth-order valence-corrected chi connectivity index (χ4v) is 8.28. The second-order valence-electron chi connectivity index (χ2n) is 13.1. The first kappa shape index (κ1) is 29.5. The second kappa shape index (κ2) is 10.9. The van der Waals surface area contributed by atoms with Crippen LogP contribution in [0.25, 0.3) is 27.8 Å². The van der Waals surface area contributed by atoms with Crippen LogP contribution >= 0.6 is 0 Å². The minimum absolute atomic E-state index is 0.385. The summed E-state index contributed by atoms with van der Waals surface area (Å²) < 4.78 is 0. The van der Waals surface area contributed by atoms with E-state index in [9.17, 15) is 0 Å². The molecule has 1 spiro atoms. The van der Waals surface area contributed by atoms with Crippen molar-refractivity contribution in [3.63, 3.8) is 0 Å². The number of hydrogen-bond acceptors (Lipinski definition) is 4. The maximum Gasteiger partial charge on any atom is 0.142 e. The summed E-state index contributed by atoms with van der Waals surface area (Å²) in [5.74, 6) is 1.53. The molecular weight excluding hydrogens is 585 g/mol. The molecule has 0 saturated carbocycles. The van der Waals surface area contributed by atoms with E-state index in [1.807, 2.05) is 42.6 Å². The van der Waals surface area contributed by atoms with Crippen molar-refractivity contribution in [2.45, 2.75) is 31.6 Å². The van der Waals surface area contributed by atoms with Gasteiger partial charge in [0.05, 0.1) is 16.8 Å². The van der Waals surface area contributed by atoms with Crippen molar-refractivity contribution in [2.24, 2.45) is 4.99 Å². The zero-order valence-electron chi connectivity index (χ0n) is 27.5. The first-order chi connectivity index (χ1) is 23.4. The highest BCUT2D eigenvalue weighted by Gasteiger charge is 2.52. The Balaban J connectivity index is 1.36. The highest BCUT2D eigenvalue weighted by molar-refractivity contribution is 5.95. The van der Waals surface area contributed by atoms with Gasteiger partial charge in [-0.25, -0.2) is 9.98 Å². The average molecular weight is 621 g/mol. The molecule has 3 aliphatic rings. The summed E-state index contributed by atoms with van der Waals surface area (Å²) in [5.41, 5.74) is 14.2. The van der Waals surface area contributed by atoms with Crippen molar-refractivity contribution in [1.82, 2.24) is 9.97 Å². The van der Waals surface area contributed by atoms with Crippen LogP contribution in [-0.2, 0) is 10.8 Å². The molecule has 2 aliphatic carbocycles. The first-order valence-corrected chi connectivity index (χ1v) is 16.3. The molecule has 1 aliphatic heterocycles. The number of hydrogen-bond donors (Lipinski definition) is 0. The zero-order chi connectivity index (χ0) is 33.2. The Bertz CT molecular complexity index is 2240. The van der Waals surface area contributed by atoms with E-state index in [-0.39, 0.29) is 5.41 Å². The quantitative estimate of drug-likeness (QED) is 0.140. The minimum Gasteiger partial charge on any atom is -0.278 e. The van der Waals surface area contributed by atoms with E-state index in [1.165, 1.54) is 39.0 Å². The molecule has 3 aromatic carbocycles. The molecule has 3 heterocycles. The van der Waals surface area contributed by atoms with Gasteiger partial charge in [0.15, 0.2) is 0 Å². The van der Waals surface area contributed by atoms with Crippen LogP contribution in [-0.4, -0.2) is 16.7 Å². The van der Waals surface area contributed by atoms with Gasteiger partial charge in [-0.3, -0.25) is 9.88 Å². The standard InChI is InChI=1S/C44H36N4/c1-7-9-18-34-28(3)41-38(44(34)35-19-12-10-16-31(35)32-17-11-13-20-36(32)44)26-30(27-47-41)29-22-23-39-37(25-29)43(4,5)33(8-2)42(45-6)48(39)40-21-14-15-24-46-40/h7-27H,1-2,6H2,3-5H3/b18-9-. The molecule has 0 saturated heterocycles. The van der Waals surface area contributed by atoms with Gasteiger partial charge in [0.2, 0.25) is 0 Å². The molecule has 0 fully saturated rings. The maximum absolute atomic E-state index is 5.22. The van der Waals surface area contributed by atoms with Gasteiger partial charge in [-0.1, -0.05) is 112 Å². The summed E-state index contributed by atoms with van der Waals surface area (Å²) in [5, 5.41) is 0. The third-order valence-electron chi connectivity index (χ3n) is 10.4. The Morgan fingerprint density at radius 3 is 2.08 bits per heavy atom. The fourth-order valence-electron chi connectivity index (χ4n) is 8.28. The van der Waals surface area contributed by atoms with Crippen molar-refractivity contribution in [2.75, 3.05) is 4.90 Å². The Hall–Kier alpha value is -5.87. The van der Waals surface area contributed by atoms with Crippen molar-refractivity contribution >= 4 is 23.8 Å². The van der Waals surface area contributed by atoms with Gasteiger partial charge >= 0.3 is 0 Å². The molecule has 5 aromatic rings. The van der Waals surface area contributed by atoms with Crippen LogP contribution in [0.3, 0.4) is 0 Å². The van der Waals surface area contributed by atoms with Gasteiger partial charge < -0.3 is 0 Å². The zero-order valence-corrected chi connectivity index (χ0v) is 27.5. The molecule has 4 heteroatoms. The molecule has 4 nitrogen and oxygen atoms in total. The first-order valence-electron chi connectivity index (χ1n) is 16.3. The van der Waals surface area contributed by atoms with Crippen LogP contribution in [0.5, 0.6) is 0 Å². The van der Waals surface area contributed by atoms with Gasteiger partial charge in [0.25, 0.3) is 0 Å². The van der Waals surface area contributed by atoms with E-state index in [1.54, 1.807) is 6.20 Å². The number of benzene rings is 3. The number of fused-ring (bicyclic) bond motifs is 8. The van der Waals surface area contributed by atoms with Crippen LogP contribution < -0.4 is 4.90 Å². The monoisotopic (exact) mass is 620 g/mol. The van der Waals surface area contributed by atoms with Crippen molar-refractivity contribution in [3.05, 3.63) is 186 Å². The van der Waals surface area contributed by atoms with Crippen LogP contribution in [0.4, 0.5) is 11.5 Å². The van der Waals surface area contributed by atoms with Gasteiger partial charge in [0.1, 0.15) is 11.6 Å². The second-order valence-corrected chi connectivity index (χ2v) is 13.1. The van der Waals surface area contributed by atoms with E-state index < -0.39 is 5.41 Å². The van der Waals surface area contributed by atoms with E-state index in [0.29, 0.717) is 0 Å². The Morgan fingerprint density at radius 1 is 0.750 bits per heavy atom. The van der Waals surface area contributed by atoms with E-state index in [0.717, 1.165) is 45.3 Å². The summed E-state index contributed by atoms with van der Waals surface area (Å²) in [4.78, 5) is 16.5. The lowest BCUT2D eigenvalue weighted by atomic mass is 9.69. The number of aromatic nitrogens is 2. The lowest BCUT2D eigenvalue weighted by molar-refractivity contribution is 0.616. The van der Waals surface area contributed by atoms with E-state index in [2.05, 4.69) is 129 Å². The molecule has 2 aromatic heterocycles. The third-order valence-corrected chi connectivity index (χ3v) is 10.4. The van der Waals surface area contributed by atoms with Crippen molar-refractivity contribution < 1.29 is 0 Å². The van der Waals surface area contributed by atoms with E-state index in [4.69, 9.17) is 9.97 Å². The molecule has 48 heavy (non-hydrogen) atoms. The van der Waals surface area contributed by atoms with Gasteiger partial charge in [-0.05, 0) is 94.1 Å². The smallest absolute Gasteiger partial charge is 0.142 e. The molecule has 0 N–H and O–H groups in total. The summed E-state index contributed by atoms with van der Waals surface area (Å²) in [6.45, 7) is 18.8. The predicted molar refractivity (Wildman–Crippen MR) is 200 cm³/mol. The number of aliphatic imine (C=N–C) groups is 1. The summed E-state index contributed by atoms with van der Waals surface area (Å²) in [6.07, 6.45) is 11.9. The predicted octanol–water partition coefficient (Wildman–Crippen LogP) is 10.5. The maximum atomic E-state index is 5.22. The Labute approximate surface area is 282 Å². The number of nitrogens with zero attached hydrogens (tertiary/aromatic N) is 4. The van der Waals surface area contributed by atoms with Crippen LogP contribution in [0.2, 0.25) is 0 Å². The third kappa shape index (κ3) is 3.86. The lowest BCUT2D eigenvalue weighted by Crippen LogP contribution is -2.33. The van der Waals surface area contributed by atoms with Gasteiger partial charge in [-0.15, -0.1) is 0 Å². The van der Waals surface area contributed by atoms with Crippen molar-refractivity contribution in [1.29, 1.82) is 0 Å². The molecule has 8 rings (SSSR count). The number of pyridine rings is 2. The summed E-state index contributed by atoms with van der Waals surface area (Å²) in [6, 6.07) is 32.6. The van der Waals surface area contributed by atoms with Gasteiger partial charge in [0, 0.05) is 28.9 Å². The van der Waals surface area contributed by atoms with Crippen molar-refractivity contribution in [3.8, 4) is 22.3 Å². The normalized spacial score (nSPS) is 16.5. The molecule has 232 valence electrons. The number of rotatable bonds is 6. The van der Waals surface area contributed by atoms with E-state index >= 15 is 0 Å². The highest BCUT2D eigenvalue weighted by atomic mass is 15.3. The molecular formula is C44H36N4. The number of anilines is 2. The van der Waals surface area contributed by atoms with Crippen LogP contribution in [0, 0.1) is 0 Å². The van der Waals surface area contributed by atoms with Gasteiger partial charge in [-0.2, -0.15) is 0 Å². The molecule has 0 amide bonds. The largest absolute Gasteiger partial charge is 0.278 e.